The van der Waals surface area contributed by atoms with Crippen LogP contribution in [-0.2, 0) is 7.05 Å². The highest BCUT2D eigenvalue weighted by molar-refractivity contribution is 5.22. The van der Waals surface area contributed by atoms with E-state index in [4.69, 9.17) is 0 Å². The van der Waals surface area contributed by atoms with Crippen molar-refractivity contribution >= 4 is 0 Å². The number of hydrogen-bond acceptors (Lipinski definition) is 4. The van der Waals surface area contributed by atoms with Crippen LogP contribution in [0.2, 0.25) is 0 Å². The minimum atomic E-state index is -0.487. The summed E-state index contributed by atoms with van der Waals surface area (Å²) < 4.78 is 2.55. The number of aryl methyl sites for hydroxylation is 1. The largest absolute Gasteiger partial charge is 0.328 e. The number of hydrogen-bond donors (Lipinski definition) is 1. The Hall–Kier alpha value is -2.18. The molecule has 0 unspecified atom stereocenters. The highest BCUT2D eigenvalue weighted by atomic mass is 16.2. The molecule has 2 rings (SSSR count). The molecule has 2 aromatic heterocycles. The third-order valence-corrected chi connectivity index (χ3v) is 1.76. The van der Waals surface area contributed by atoms with E-state index in [1.54, 1.807) is 7.05 Å². The summed E-state index contributed by atoms with van der Waals surface area (Å²) in [5.74, 6) is 0. The van der Waals surface area contributed by atoms with Gasteiger partial charge in [0.15, 0.2) is 0 Å². The van der Waals surface area contributed by atoms with Gasteiger partial charge in [-0.1, -0.05) is 5.21 Å². The van der Waals surface area contributed by atoms with Crippen LogP contribution in [0.25, 0.3) is 5.69 Å². The molecule has 1 N–H and O–H groups in total. The Bertz CT molecular complexity index is 550. The van der Waals surface area contributed by atoms with E-state index in [0.717, 1.165) is 0 Å². The van der Waals surface area contributed by atoms with E-state index in [1.807, 2.05) is 0 Å². The lowest BCUT2D eigenvalue weighted by molar-refractivity contribution is 0.738. The van der Waals surface area contributed by atoms with Crippen LogP contribution in [-0.4, -0.2) is 24.5 Å². The van der Waals surface area contributed by atoms with Crippen LogP contribution in [0, 0.1) is 0 Å². The molecule has 0 amide bonds. The lowest BCUT2D eigenvalue weighted by atomic mass is 10.5. The van der Waals surface area contributed by atoms with Crippen LogP contribution >= 0.6 is 0 Å². The monoisotopic (exact) mass is 193 g/mol. The smallest absolute Gasteiger partial charge is 0.301 e. The average Bonchev–Trinajstić information content (AvgIpc) is 2.64. The van der Waals surface area contributed by atoms with Gasteiger partial charge in [-0.2, -0.15) is 0 Å². The van der Waals surface area contributed by atoms with Crippen molar-refractivity contribution < 1.29 is 0 Å². The topological polar surface area (TPSA) is 85.6 Å². The van der Waals surface area contributed by atoms with Gasteiger partial charge in [0.25, 0.3) is 5.56 Å². The molecule has 0 atom stereocenters. The summed E-state index contributed by atoms with van der Waals surface area (Å²) in [5, 5.41) is 7.21. The molecule has 0 aliphatic heterocycles. The van der Waals surface area contributed by atoms with Gasteiger partial charge in [-0.15, -0.1) is 5.10 Å². The predicted molar refractivity (Wildman–Crippen MR) is 47.2 cm³/mol. The van der Waals surface area contributed by atoms with Crippen molar-refractivity contribution in [1.82, 2.24) is 24.5 Å². The summed E-state index contributed by atoms with van der Waals surface area (Å²) in [4.78, 5) is 24.5. The molecule has 0 aliphatic rings. The Morgan fingerprint density at radius 3 is 2.86 bits per heavy atom. The van der Waals surface area contributed by atoms with Crippen LogP contribution in [0.15, 0.2) is 28.2 Å². The molecule has 7 nitrogen and oxygen atoms in total. The van der Waals surface area contributed by atoms with Crippen LogP contribution in [0.4, 0.5) is 0 Å². The van der Waals surface area contributed by atoms with Crippen molar-refractivity contribution in [3.63, 3.8) is 0 Å². The first-order valence-corrected chi connectivity index (χ1v) is 3.85. The van der Waals surface area contributed by atoms with Crippen molar-refractivity contribution in [2.45, 2.75) is 0 Å². The molecule has 0 fully saturated rings. The third kappa shape index (κ3) is 1.24. The fourth-order valence-corrected chi connectivity index (χ4v) is 1.05. The maximum Gasteiger partial charge on any atom is 0.328 e. The Morgan fingerprint density at radius 2 is 2.21 bits per heavy atom. The second kappa shape index (κ2) is 2.95. The zero-order valence-corrected chi connectivity index (χ0v) is 7.34. The standard InChI is InChI=1S/C7H7N5O2/c1-11-4-5(6(13)9-7(11)14)12-3-2-8-10-12/h2-4H,1H3,(H,9,13,14). The number of aromatic nitrogens is 5. The zero-order valence-electron chi connectivity index (χ0n) is 7.34. The maximum absolute atomic E-state index is 11.3. The normalized spacial score (nSPS) is 10.4. The minimum Gasteiger partial charge on any atom is -0.301 e. The summed E-state index contributed by atoms with van der Waals surface area (Å²) in [7, 11) is 1.54. The van der Waals surface area contributed by atoms with Gasteiger partial charge in [-0.05, 0) is 0 Å². The molecule has 0 spiro atoms. The molecule has 0 aliphatic carbocycles. The van der Waals surface area contributed by atoms with Gasteiger partial charge < -0.3 is 4.57 Å². The number of aromatic amines is 1. The van der Waals surface area contributed by atoms with Crippen LogP contribution in [0.1, 0.15) is 0 Å². The Kier molecular flexibility index (Phi) is 1.77. The SMILES string of the molecule is Cn1cc(-n2ccnn2)c(=O)[nH]c1=O. The Balaban J connectivity index is 2.72. The molecule has 0 aromatic carbocycles. The molecule has 0 bridgehead atoms. The lowest BCUT2D eigenvalue weighted by Gasteiger charge is -2.00. The average molecular weight is 193 g/mol. The first-order valence-electron chi connectivity index (χ1n) is 3.85. The third-order valence-electron chi connectivity index (χ3n) is 1.76. The second-order valence-corrected chi connectivity index (χ2v) is 2.73. The lowest BCUT2D eigenvalue weighted by Crippen LogP contribution is -2.30. The van der Waals surface area contributed by atoms with Crippen molar-refractivity contribution in [1.29, 1.82) is 0 Å². The predicted octanol–water partition coefficient (Wildman–Crippen LogP) is -1.35. The molecule has 0 saturated heterocycles. The number of nitrogens with one attached hydrogen (secondary N) is 1. The first-order chi connectivity index (χ1) is 6.68. The second-order valence-electron chi connectivity index (χ2n) is 2.73. The zero-order chi connectivity index (χ0) is 10.1. The molecule has 0 radical (unpaired) electrons. The van der Waals surface area contributed by atoms with Crippen molar-refractivity contribution in [3.8, 4) is 5.69 Å². The molecular formula is C7H7N5O2. The van der Waals surface area contributed by atoms with Gasteiger partial charge in [-0.25, -0.2) is 9.48 Å². The van der Waals surface area contributed by atoms with E-state index < -0.39 is 11.2 Å². The van der Waals surface area contributed by atoms with Gasteiger partial charge in [-0.3, -0.25) is 9.78 Å². The summed E-state index contributed by atoms with van der Waals surface area (Å²) >= 11 is 0. The summed E-state index contributed by atoms with van der Waals surface area (Å²) in [5.41, 5.74) is -0.693. The van der Waals surface area contributed by atoms with Gasteiger partial charge in [0.05, 0.1) is 12.4 Å². The molecule has 2 heterocycles. The Morgan fingerprint density at radius 1 is 1.43 bits per heavy atom. The first kappa shape index (κ1) is 8.42. The molecule has 72 valence electrons. The number of rotatable bonds is 1. The van der Waals surface area contributed by atoms with Crippen LogP contribution in [0.5, 0.6) is 0 Å². The van der Waals surface area contributed by atoms with Crippen molar-refractivity contribution in [2.24, 2.45) is 7.05 Å². The van der Waals surface area contributed by atoms with E-state index >= 15 is 0 Å². The van der Waals surface area contributed by atoms with Gasteiger partial charge in [0, 0.05) is 13.2 Å². The molecule has 2 aromatic rings. The number of H-pyrrole nitrogens is 1. The van der Waals surface area contributed by atoms with E-state index in [-0.39, 0.29) is 5.69 Å². The molecular weight excluding hydrogens is 186 g/mol. The molecule has 0 saturated carbocycles. The fourth-order valence-electron chi connectivity index (χ4n) is 1.05. The van der Waals surface area contributed by atoms with Crippen molar-refractivity contribution in [2.75, 3.05) is 0 Å². The molecule has 14 heavy (non-hydrogen) atoms. The summed E-state index contributed by atoms with van der Waals surface area (Å²) in [6.45, 7) is 0. The van der Waals surface area contributed by atoms with Gasteiger partial charge >= 0.3 is 5.69 Å². The number of nitrogens with zero attached hydrogens (tertiary/aromatic N) is 4. The van der Waals surface area contributed by atoms with E-state index in [9.17, 15) is 9.59 Å². The summed E-state index contributed by atoms with van der Waals surface area (Å²) in [6, 6.07) is 0. The minimum absolute atomic E-state index is 0.254. The van der Waals surface area contributed by atoms with Crippen molar-refractivity contribution in [3.05, 3.63) is 39.4 Å². The summed E-state index contributed by atoms with van der Waals surface area (Å²) in [6.07, 6.45) is 4.37. The van der Waals surface area contributed by atoms with Crippen LogP contribution < -0.4 is 11.2 Å². The maximum atomic E-state index is 11.3. The highest BCUT2D eigenvalue weighted by Gasteiger charge is 2.04. The van der Waals surface area contributed by atoms with Crippen LogP contribution in [0.3, 0.4) is 0 Å². The fraction of sp³-hybridized carbons (Fsp3) is 0.143. The van der Waals surface area contributed by atoms with E-state index in [1.165, 1.54) is 27.8 Å². The van der Waals surface area contributed by atoms with E-state index in [2.05, 4.69) is 15.3 Å². The quantitative estimate of drug-likeness (QED) is 0.607. The highest BCUT2D eigenvalue weighted by Crippen LogP contribution is 1.92. The van der Waals surface area contributed by atoms with Gasteiger partial charge in [0.2, 0.25) is 0 Å². The van der Waals surface area contributed by atoms with Gasteiger partial charge in [0.1, 0.15) is 5.69 Å². The molecule has 7 heteroatoms. The van der Waals surface area contributed by atoms with E-state index in [0.29, 0.717) is 0 Å². The Labute approximate surface area is 77.6 Å².